The van der Waals surface area contributed by atoms with Crippen LogP contribution in [-0.4, -0.2) is 71.2 Å². The van der Waals surface area contributed by atoms with E-state index in [1.54, 1.807) is 35.2 Å². The van der Waals surface area contributed by atoms with Crippen molar-refractivity contribution in [1.29, 1.82) is 0 Å². The number of amides is 5. The fraction of sp³-hybridized carbons (Fsp3) is 0.391. The van der Waals surface area contributed by atoms with Crippen LogP contribution in [0.25, 0.3) is 0 Å². The smallest absolute Gasteiger partial charge is 0.322 e. The van der Waals surface area contributed by atoms with E-state index in [9.17, 15) is 19.2 Å². The lowest BCUT2D eigenvalue weighted by molar-refractivity contribution is -0.139. The molecule has 0 aliphatic carbocycles. The summed E-state index contributed by atoms with van der Waals surface area (Å²) in [5.74, 6) is -1.07. The van der Waals surface area contributed by atoms with Crippen molar-refractivity contribution in [1.82, 2.24) is 20.0 Å². The molecule has 0 radical (unpaired) electrons. The summed E-state index contributed by atoms with van der Waals surface area (Å²) >= 11 is 6.14. The Bertz CT molecular complexity index is 1050. The Morgan fingerprint density at radius 2 is 1.97 bits per heavy atom. The van der Waals surface area contributed by atoms with Crippen LogP contribution >= 0.6 is 11.6 Å². The van der Waals surface area contributed by atoms with Crippen LogP contribution in [0.3, 0.4) is 0 Å². The number of piperidine rings is 1. The van der Waals surface area contributed by atoms with Crippen LogP contribution in [0.15, 0.2) is 48.2 Å². The maximum absolute atomic E-state index is 13.4. The van der Waals surface area contributed by atoms with Crippen molar-refractivity contribution < 1.29 is 19.2 Å². The Hall–Kier alpha value is -3.33. The quantitative estimate of drug-likeness (QED) is 0.610. The van der Waals surface area contributed by atoms with E-state index in [1.807, 2.05) is 0 Å². The number of halogens is 1. The maximum Gasteiger partial charge on any atom is 0.322 e. The van der Waals surface area contributed by atoms with Gasteiger partial charge in [-0.15, -0.1) is 6.58 Å². The van der Waals surface area contributed by atoms with Crippen molar-refractivity contribution in [3.8, 4) is 0 Å². The van der Waals surface area contributed by atoms with Crippen molar-refractivity contribution in [2.75, 3.05) is 32.7 Å². The predicted molar refractivity (Wildman–Crippen MR) is 122 cm³/mol. The number of nitrogens with two attached hydrogens (primary N) is 1. The summed E-state index contributed by atoms with van der Waals surface area (Å²) in [6, 6.07) is 5.99. The maximum atomic E-state index is 13.4. The number of hydrogen-bond acceptors (Lipinski definition) is 4. The second-order valence-corrected chi connectivity index (χ2v) is 8.85. The number of primary amides is 1. The molecule has 1 aromatic rings. The first-order chi connectivity index (χ1) is 15.8. The van der Waals surface area contributed by atoms with Gasteiger partial charge in [0.1, 0.15) is 6.54 Å². The van der Waals surface area contributed by atoms with Gasteiger partial charge in [0.15, 0.2) is 0 Å². The van der Waals surface area contributed by atoms with E-state index < -0.39 is 6.04 Å². The van der Waals surface area contributed by atoms with E-state index in [0.29, 0.717) is 47.8 Å². The molecule has 1 atom stereocenters. The molecule has 1 unspecified atom stereocenters. The lowest BCUT2D eigenvalue weighted by Gasteiger charge is -2.33. The second kappa shape index (κ2) is 9.27. The van der Waals surface area contributed by atoms with Gasteiger partial charge in [-0.2, -0.15) is 0 Å². The van der Waals surface area contributed by atoms with Gasteiger partial charge in [0.05, 0.1) is 23.9 Å². The van der Waals surface area contributed by atoms with Gasteiger partial charge in [-0.1, -0.05) is 29.8 Å². The van der Waals surface area contributed by atoms with Gasteiger partial charge in [0.25, 0.3) is 5.91 Å². The first kappa shape index (κ1) is 22.8. The molecule has 0 saturated carbocycles. The fourth-order valence-electron chi connectivity index (χ4n) is 4.61. The monoisotopic (exact) mass is 471 g/mol. The molecule has 10 heteroatoms. The average Bonchev–Trinajstić information content (AvgIpc) is 3.11. The number of carbonyl (C=O) groups excluding carboxylic acids is 4. The number of nitrogens with zero attached hydrogens (tertiary/aromatic N) is 3. The standard InChI is InChI=1S/C23H26ClN5O4/c1-2-8-29-17-12-28(13-18(30)27-9-6-14(7-10-27)21(25)31)22(32)19(17)20(26-23(29)33)15-4-3-5-16(24)11-15/h2-5,11,14,20H,1,6-10,12-13H2,(H2,25,31)(H,26,33). The van der Waals surface area contributed by atoms with Crippen molar-refractivity contribution in [2.24, 2.45) is 11.7 Å². The van der Waals surface area contributed by atoms with Crippen LogP contribution in [0.2, 0.25) is 5.02 Å². The van der Waals surface area contributed by atoms with Gasteiger partial charge in [0, 0.05) is 30.6 Å². The number of rotatable bonds is 6. The third-order valence-electron chi connectivity index (χ3n) is 6.37. The highest BCUT2D eigenvalue weighted by Gasteiger charge is 2.44. The molecule has 5 amide bonds. The summed E-state index contributed by atoms with van der Waals surface area (Å²) in [4.78, 5) is 55.1. The van der Waals surface area contributed by atoms with E-state index >= 15 is 0 Å². The average molecular weight is 472 g/mol. The highest BCUT2D eigenvalue weighted by molar-refractivity contribution is 6.30. The third-order valence-corrected chi connectivity index (χ3v) is 6.60. The number of likely N-dealkylation sites (tertiary alicyclic amines) is 1. The molecule has 1 aromatic carbocycles. The Morgan fingerprint density at radius 3 is 2.61 bits per heavy atom. The molecule has 3 heterocycles. The van der Waals surface area contributed by atoms with E-state index in [0.717, 1.165) is 0 Å². The third kappa shape index (κ3) is 4.45. The summed E-state index contributed by atoms with van der Waals surface area (Å²) in [6.45, 7) is 4.84. The van der Waals surface area contributed by atoms with E-state index in [4.69, 9.17) is 17.3 Å². The van der Waals surface area contributed by atoms with Gasteiger partial charge in [0.2, 0.25) is 11.8 Å². The van der Waals surface area contributed by atoms with Gasteiger partial charge >= 0.3 is 6.03 Å². The van der Waals surface area contributed by atoms with E-state index in [2.05, 4.69) is 11.9 Å². The van der Waals surface area contributed by atoms with E-state index in [-0.39, 0.29) is 49.3 Å². The molecular formula is C23H26ClN5O4. The summed E-state index contributed by atoms with van der Waals surface area (Å²) in [7, 11) is 0. The zero-order valence-corrected chi connectivity index (χ0v) is 18.9. The molecule has 1 saturated heterocycles. The molecule has 9 nitrogen and oxygen atoms in total. The molecule has 0 bridgehead atoms. The molecule has 0 spiro atoms. The zero-order valence-electron chi connectivity index (χ0n) is 18.1. The number of hydrogen-bond donors (Lipinski definition) is 2. The predicted octanol–water partition coefficient (Wildman–Crippen LogP) is 1.41. The number of benzene rings is 1. The molecule has 1 fully saturated rings. The number of nitrogens with one attached hydrogen (secondary N) is 1. The molecule has 3 aliphatic rings. The highest BCUT2D eigenvalue weighted by Crippen LogP contribution is 2.36. The molecule has 3 N–H and O–H groups in total. The molecule has 0 aromatic heterocycles. The SMILES string of the molecule is C=CCN1C(=O)NC(c2cccc(Cl)c2)C2=C1CN(CC(=O)N1CCC(C(N)=O)CC1)C2=O. The summed E-state index contributed by atoms with van der Waals surface area (Å²) in [5, 5.41) is 3.38. The van der Waals surface area contributed by atoms with Crippen LogP contribution in [0.5, 0.6) is 0 Å². The van der Waals surface area contributed by atoms with Crippen molar-refractivity contribution in [3.05, 3.63) is 58.8 Å². The van der Waals surface area contributed by atoms with E-state index in [1.165, 1.54) is 9.80 Å². The molecule has 3 aliphatic heterocycles. The first-order valence-corrected chi connectivity index (χ1v) is 11.2. The molecule has 174 valence electrons. The summed E-state index contributed by atoms with van der Waals surface area (Å²) in [6.07, 6.45) is 2.63. The van der Waals surface area contributed by atoms with Crippen LogP contribution < -0.4 is 11.1 Å². The second-order valence-electron chi connectivity index (χ2n) is 8.42. The minimum absolute atomic E-state index is 0.106. The first-order valence-electron chi connectivity index (χ1n) is 10.8. The minimum atomic E-state index is -0.661. The van der Waals surface area contributed by atoms with Crippen molar-refractivity contribution >= 4 is 35.4 Å². The topological polar surface area (TPSA) is 116 Å². The van der Waals surface area contributed by atoms with Crippen LogP contribution in [0.4, 0.5) is 4.79 Å². The van der Waals surface area contributed by atoms with Crippen LogP contribution in [0, 0.1) is 5.92 Å². The summed E-state index contributed by atoms with van der Waals surface area (Å²) < 4.78 is 0. The molecular weight excluding hydrogens is 446 g/mol. The Kier molecular flexibility index (Phi) is 6.42. The van der Waals surface area contributed by atoms with Crippen molar-refractivity contribution in [3.63, 3.8) is 0 Å². The number of urea groups is 1. The Morgan fingerprint density at radius 1 is 1.24 bits per heavy atom. The minimum Gasteiger partial charge on any atom is -0.369 e. The lowest BCUT2D eigenvalue weighted by atomic mass is 9.95. The number of carbonyl (C=O) groups is 4. The summed E-state index contributed by atoms with van der Waals surface area (Å²) in [5.41, 5.74) is 7.06. The fourth-order valence-corrected chi connectivity index (χ4v) is 4.81. The highest BCUT2D eigenvalue weighted by atomic mass is 35.5. The normalized spacial score (nSPS) is 21.2. The molecule has 4 rings (SSSR count). The lowest BCUT2D eigenvalue weighted by Crippen LogP contribution is -2.47. The van der Waals surface area contributed by atoms with Gasteiger partial charge in [-0.25, -0.2) is 4.79 Å². The zero-order chi connectivity index (χ0) is 23.7. The van der Waals surface area contributed by atoms with Gasteiger partial charge < -0.3 is 20.9 Å². The van der Waals surface area contributed by atoms with Gasteiger partial charge in [-0.3, -0.25) is 19.3 Å². The largest absolute Gasteiger partial charge is 0.369 e. The van der Waals surface area contributed by atoms with Crippen molar-refractivity contribution in [2.45, 2.75) is 18.9 Å². The molecule has 33 heavy (non-hydrogen) atoms. The Balaban J connectivity index is 1.54. The van der Waals surface area contributed by atoms with Gasteiger partial charge in [-0.05, 0) is 30.5 Å². The van der Waals surface area contributed by atoms with Crippen LogP contribution in [-0.2, 0) is 14.4 Å². The Labute approximate surface area is 196 Å². The van der Waals surface area contributed by atoms with Crippen LogP contribution in [0.1, 0.15) is 24.4 Å².